The lowest BCUT2D eigenvalue weighted by molar-refractivity contribution is -0.152. The SMILES string of the molecule is C[C@@H](OC(=O)Cc1ccc(Cl)cc1Cl)C(=O)Nc1ccccc1F. The standard InChI is InChI=1S/C17H14Cl2FNO3/c1-10(17(23)21-15-5-3-2-4-14(15)20)24-16(22)8-11-6-7-12(18)9-13(11)19/h2-7,9-10H,8H2,1H3,(H,21,23)/t10-/m1/s1. The number of carbonyl (C=O) groups is 2. The van der Waals surface area contributed by atoms with Gasteiger partial charge < -0.3 is 10.1 Å². The van der Waals surface area contributed by atoms with Gasteiger partial charge in [-0.1, -0.05) is 41.4 Å². The van der Waals surface area contributed by atoms with E-state index in [9.17, 15) is 14.0 Å². The molecule has 2 aromatic rings. The summed E-state index contributed by atoms with van der Waals surface area (Å²) in [5, 5.41) is 3.15. The van der Waals surface area contributed by atoms with Crippen molar-refractivity contribution in [1.29, 1.82) is 0 Å². The average molecular weight is 370 g/mol. The molecule has 1 amide bonds. The third-order valence-electron chi connectivity index (χ3n) is 3.16. The fourth-order valence-electron chi connectivity index (χ4n) is 1.91. The van der Waals surface area contributed by atoms with Crippen molar-refractivity contribution in [3.63, 3.8) is 0 Å². The van der Waals surface area contributed by atoms with E-state index in [1.165, 1.54) is 31.2 Å². The summed E-state index contributed by atoms with van der Waals surface area (Å²) in [5.74, 6) is -1.83. The second-order valence-corrected chi connectivity index (χ2v) is 5.86. The predicted octanol–water partition coefficient (Wildman–Crippen LogP) is 4.25. The highest BCUT2D eigenvalue weighted by Crippen LogP contribution is 2.22. The molecule has 0 aromatic heterocycles. The number of amides is 1. The highest BCUT2D eigenvalue weighted by Gasteiger charge is 2.19. The molecule has 4 nitrogen and oxygen atoms in total. The van der Waals surface area contributed by atoms with Gasteiger partial charge in [0.1, 0.15) is 5.82 Å². The lowest BCUT2D eigenvalue weighted by Crippen LogP contribution is -2.30. The van der Waals surface area contributed by atoms with Crippen molar-refractivity contribution in [1.82, 2.24) is 0 Å². The normalized spacial score (nSPS) is 11.7. The van der Waals surface area contributed by atoms with Crippen molar-refractivity contribution in [3.8, 4) is 0 Å². The van der Waals surface area contributed by atoms with Gasteiger partial charge in [0.25, 0.3) is 5.91 Å². The molecule has 24 heavy (non-hydrogen) atoms. The van der Waals surface area contributed by atoms with Crippen molar-refractivity contribution in [2.24, 2.45) is 0 Å². The number of nitrogens with one attached hydrogen (secondary N) is 1. The maximum absolute atomic E-state index is 13.5. The molecule has 0 heterocycles. The lowest BCUT2D eigenvalue weighted by Gasteiger charge is -2.14. The van der Waals surface area contributed by atoms with Crippen LogP contribution in [0.3, 0.4) is 0 Å². The molecule has 0 bridgehead atoms. The van der Waals surface area contributed by atoms with Crippen LogP contribution in [0.15, 0.2) is 42.5 Å². The van der Waals surface area contributed by atoms with E-state index in [2.05, 4.69) is 5.32 Å². The number of halogens is 3. The van der Waals surface area contributed by atoms with Crippen LogP contribution >= 0.6 is 23.2 Å². The van der Waals surface area contributed by atoms with Gasteiger partial charge in [-0.05, 0) is 36.8 Å². The predicted molar refractivity (Wildman–Crippen MR) is 90.7 cm³/mol. The minimum Gasteiger partial charge on any atom is -0.452 e. The van der Waals surface area contributed by atoms with Crippen molar-refractivity contribution < 1.29 is 18.7 Å². The van der Waals surface area contributed by atoms with Gasteiger partial charge in [-0.25, -0.2) is 4.39 Å². The minimum atomic E-state index is -1.08. The molecule has 0 unspecified atom stereocenters. The maximum Gasteiger partial charge on any atom is 0.311 e. The third-order valence-corrected chi connectivity index (χ3v) is 3.75. The van der Waals surface area contributed by atoms with Crippen LogP contribution in [0, 0.1) is 5.82 Å². The molecule has 0 aliphatic carbocycles. The number of anilines is 1. The lowest BCUT2D eigenvalue weighted by atomic mass is 10.1. The first-order valence-electron chi connectivity index (χ1n) is 7.05. The van der Waals surface area contributed by atoms with Crippen LogP contribution in [0.1, 0.15) is 12.5 Å². The average Bonchev–Trinajstić information content (AvgIpc) is 2.52. The van der Waals surface area contributed by atoms with Crippen LogP contribution in [-0.2, 0) is 20.7 Å². The number of para-hydroxylation sites is 1. The molecule has 0 aliphatic rings. The van der Waals surface area contributed by atoms with E-state index in [0.717, 1.165) is 0 Å². The Hall–Kier alpha value is -2.11. The molecule has 1 N–H and O–H groups in total. The third kappa shape index (κ3) is 4.94. The van der Waals surface area contributed by atoms with E-state index in [4.69, 9.17) is 27.9 Å². The van der Waals surface area contributed by atoms with Crippen LogP contribution < -0.4 is 5.32 Å². The van der Waals surface area contributed by atoms with E-state index < -0.39 is 23.8 Å². The first-order valence-corrected chi connectivity index (χ1v) is 7.81. The van der Waals surface area contributed by atoms with Gasteiger partial charge in [0.05, 0.1) is 12.1 Å². The molecule has 0 fully saturated rings. The van der Waals surface area contributed by atoms with Crippen LogP contribution in [0.4, 0.5) is 10.1 Å². The Morgan fingerprint density at radius 3 is 2.58 bits per heavy atom. The summed E-state index contributed by atoms with van der Waals surface area (Å²) in [6.07, 6.45) is -1.18. The van der Waals surface area contributed by atoms with Crippen molar-refractivity contribution >= 4 is 40.8 Å². The number of hydrogen-bond acceptors (Lipinski definition) is 3. The van der Waals surface area contributed by atoms with Crippen molar-refractivity contribution in [3.05, 3.63) is 63.9 Å². The Bertz CT molecular complexity index is 767. The molecular weight excluding hydrogens is 356 g/mol. The van der Waals surface area contributed by atoms with Gasteiger partial charge in [-0.15, -0.1) is 0 Å². The second-order valence-electron chi connectivity index (χ2n) is 5.01. The number of rotatable bonds is 5. The Morgan fingerprint density at radius 2 is 1.92 bits per heavy atom. The molecular formula is C17H14Cl2FNO3. The number of carbonyl (C=O) groups excluding carboxylic acids is 2. The van der Waals surface area contributed by atoms with Crippen molar-refractivity contribution in [2.45, 2.75) is 19.4 Å². The van der Waals surface area contributed by atoms with Gasteiger partial charge in [0.2, 0.25) is 0 Å². The summed E-state index contributed by atoms with van der Waals surface area (Å²) in [5.41, 5.74) is 0.555. The molecule has 0 aliphatic heterocycles. The van der Waals surface area contributed by atoms with E-state index in [1.54, 1.807) is 18.2 Å². The molecule has 126 valence electrons. The number of benzene rings is 2. The molecule has 1 atom stereocenters. The topological polar surface area (TPSA) is 55.4 Å². The zero-order valence-corrected chi connectivity index (χ0v) is 14.2. The van der Waals surface area contributed by atoms with Gasteiger partial charge in [-0.3, -0.25) is 9.59 Å². The fraction of sp³-hybridized carbons (Fsp3) is 0.176. The first-order chi connectivity index (χ1) is 11.4. The maximum atomic E-state index is 13.5. The summed E-state index contributed by atoms with van der Waals surface area (Å²) in [7, 11) is 0. The van der Waals surface area contributed by atoms with E-state index in [1.807, 2.05) is 0 Å². The molecule has 0 radical (unpaired) electrons. The fourth-order valence-corrected chi connectivity index (χ4v) is 2.39. The van der Waals surface area contributed by atoms with Crippen LogP contribution in [0.2, 0.25) is 10.0 Å². The zero-order valence-electron chi connectivity index (χ0n) is 12.7. The highest BCUT2D eigenvalue weighted by molar-refractivity contribution is 6.35. The Kier molecular flexibility index (Phi) is 6.17. The number of esters is 1. The quantitative estimate of drug-likeness (QED) is 0.801. The molecule has 0 saturated carbocycles. The van der Waals surface area contributed by atoms with E-state index in [0.29, 0.717) is 15.6 Å². The number of ether oxygens (including phenoxy) is 1. The Balaban J connectivity index is 1.93. The first kappa shape index (κ1) is 18.2. The minimum absolute atomic E-state index is 0.0196. The van der Waals surface area contributed by atoms with E-state index >= 15 is 0 Å². The highest BCUT2D eigenvalue weighted by atomic mass is 35.5. The summed E-state index contributed by atoms with van der Waals surface area (Å²) < 4.78 is 18.5. The Morgan fingerprint density at radius 1 is 1.21 bits per heavy atom. The van der Waals surface area contributed by atoms with Crippen LogP contribution in [0.5, 0.6) is 0 Å². The van der Waals surface area contributed by atoms with Gasteiger partial charge in [-0.2, -0.15) is 0 Å². The zero-order chi connectivity index (χ0) is 17.7. The molecule has 0 spiro atoms. The molecule has 2 rings (SSSR count). The van der Waals surface area contributed by atoms with Crippen LogP contribution in [-0.4, -0.2) is 18.0 Å². The summed E-state index contributed by atoms with van der Waals surface area (Å²) in [6, 6.07) is 10.4. The Labute approximate surface area is 148 Å². The largest absolute Gasteiger partial charge is 0.452 e. The molecule has 0 saturated heterocycles. The van der Waals surface area contributed by atoms with Crippen molar-refractivity contribution in [2.75, 3.05) is 5.32 Å². The monoisotopic (exact) mass is 369 g/mol. The van der Waals surface area contributed by atoms with Gasteiger partial charge in [0, 0.05) is 10.0 Å². The summed E-state index contributed by atoms with van der Waals surface area (Å²) >= 11 is 11.8. The molecule has 7 heteroatoms. The summed E-state index contributed by atoms with van der Waals surface area (Å²) in [6.45, 7) is 1.40. The van der Waals surface area contributed by atoms with Gasteiger partial charge >= 0.3 is 5.97 Å². The van der Waals surface area contributed by atoms with Gasteiger partial charge in [0.15, 0.2) is 6.10 Å². The molecule has 2 aromatic carbocycles. The number of hydrogen-bond donors (Lipinski definition) is 1. The smallest absolute Gasteiger partial charge is 0.311 e. The second kappa shape index (κ2) is 8.13. The van der Waals surface area contributed by atoms with Crippen LogP contribution in [0.25, 0.3) is 0 Å². The van der Waals surface area contributed by atoms with E-state index in [-0.39, 0.29) is 12.1 Å². The summed E-state index contributed by atoms with van der Waals surface area (Å²) in [4.78, 5) is 23.9.